The van der Waals surface area contributed by atoms with Crippen molar-refractivity contribution in [1.29, 1.82) is 0 Å². The van der Waals surface area contributed by atoms with E-state index < -0.39 is 10.0 Å². The van der Waals surface area contributed by atoms with Gasteiger partial charge in [0.25, 0.3) is 0 Å². The molecule has 1 N–H and O–H groups in total. The second-order valence-electron chi connectivity index (χ2n) is 6.48. The van der Waals surface area contributed by atoms with Crippen LogP contribution < -0.4 is 4.72 Å². The first kappa shape index (κ1) is 22.5. The van der Waals surface area contributed by atoms with Gasteiger partial charge in [0, 0.05) is 19.6 Å². The topological polar surface area (TPSA) is 49.4 Å². The maximum Gasteiger partial charge on any atom is 0.240 e. The second-order valence-corrected chi connectivity index (χ2v) is 9.06. The molecule has 1 aliphatic heterocycles. The maximum absolute atomic E-state index is 12.3. The number of benzene rings is 2. The van der Waals surface area contributed by atoms with E-state index in [-0.39, 0.29) is 22.3 Å². The summed E-state index contributed by atoms with van der Waals surface area (Å²) in [5, 5.41) is 0.577. The number of hydrogen-bond acceptors (Lipinski definition) is 3. The van der Waals surface area contributed by atoms with Crippen molar-refractivity contribution in [3.8, 4) is 0 Å². The third-order valence-corrected chi connectivity index (χ3v) is 6.80. The smallest absolute Gasteiger partial charge is 0.240 e. The molecule has 3 rings (SSSR count). The highest BCUT2D eigenvalue weighted by atomic mass is 35.5. The molecule has 0 spiro atoms. The number of hydrogen-bond donors (Lipinski definition) is 1. The Morgan fingerprint density at radius 1 is 1.00 bits per heavy atom. The fraction of sp³-hybridized carbons (Fsp3) is 0.368. The minimum Gasteiger partial charge on any atom is -0.299 e. The van der Waals surface area contributed by atoms with E-state index in [1.807, 2.05) is 0 Å². The summed E-state index contributed by atoms with van der Waals surface area (Å²) < 4.78 is 27.2. The van der Waals surface area contributed by atoms with Gasteiger partial charge in [-0.2, -0.15) is 0 Å². The molecule has 4 nitrogen and oxygen atoms in total. The highest BCUT2D eigenvalue weighted by Gasteiger charge is 2.16. The third kappa shape index (κ3) is 6.08. The van der Waals surface area contributed by atoms with Gasteiger partial charge in [0.1, 0.15) is 0 Å². The molecule has 0 saturated carbocycles. The Balaban J connectivity index is 0.00000261. The molecule has 0 aromatic heterocycles. The Hall–Kier alpha value is -0.820. The van der Waals surface area contributed by atoms with Gasteiger partial charge in [-0.3, -0.25) is 4.90 Å². The lowest BCUT2D eigenvalue weighted by Crippen LogP contribution is -2.32. The molecular weight excluding hydrogens is 427 g/mol. The summed E-state index contributed by atoms with van der Waals surface area (Å²) in [6, 6.07) is 12.9. The molecule has 0 unspecified atom stereocenters. The quantitative estimate of drug-likeness (QED) is 0.632. The van der Waals surface area contributed by atoms with Gasteiger partial charge in [0.15, 0.2) is 0 Å². The van der Waals surface area contributed by atoms with E-state index in [0.29, 0.717) is 11.6 Å². The summed E-state index contributed by atoms with van der Waals surface area (Å²) in [7, 11) is -3.55. The number of sulfonamides is 1. The van der Waals surface area contributed by atoms with Crippen molar-refractivity contribution >= 4 is 45.6 Å². The van der Waals surface area contributed by atoms with Crippen LogP contribution in [0.2, 0.25) is 10.0 Å². The van der Waals surface area contributed by atoms with Crippen LogP contribution in [0.4, 0.5) is 0 Å². The summed E-state index contributed by atoms with van der Waals surface area (Å²) in [6.45, 7) is 3.42. The van der Waals surface area contributed by atoms with E-state index in [9.17, 15) is 8.42 Å². The van der Waals surface area contributed by atoms with Crippen LogP contribution in [0, 0.1) is 0 Å². The number of fused-ring (bicyclic) bond motifs is 1. The second kappa shape index (κ2) is 10.1. The lowest BCUT2D eigenvalue weighted by atomic mass is 10.00. The molecule has 148 valence electrons. The fourth-order valence-electron chi connectivity index (χ4n) is 3.14. The maximum atomic E-state index is 12.3. The van der Waals surface area contributed by atoms with E-state index in [0.717, 1.165) is 38.9 Å². The van der Waals surface area contributed by atoms with Gasteiger partial charge in [-0.05, 0) is 55.1 Å². The van der Waals surface area contributed by atoms with Gasteiger partial charge in [0.05, 0.1) is 14.9 Å². The zero-order valence-corrected chi connectivity index (χ0v) is 18.0. The molecule has 2 aromatic carbocycles. The number of rotatable bonds is 7. The third-order valence-electron chi connectivity index (χ3n) is 4.60. The lowest BCUT2D eigenvalue weighted by Gasteiger charge is -2.28. The molecule has 8 heteroatoms. The van der Waals surface area contributed by atoms with E-state index >= 15 is 0 Å². The van der Waals surface area contributed by atoms with Crippen molar-refractivity contribution in [1.82, 2.24) is 9.62 Å². The van der Waals surface area contributed by atoms with Crippen molar-refractivity contribution in [2.45, 2.75) is 30.7 Å². The first-order chi connectivity index (χ1) is 12.5. The summed E-state index contributed by atoms with van der Waals surface area (Å²) in [5.74, 6) is 0. The highest BCUT2D eigenvalue weighted by molar-refractivity contribution is 7.89. The van der Waals surface area contributed by atoms with Crippen LogP contribution in [0.15, 0.2) is 47.4 Å². The standard InChI is InChI=1S/C19H22Cl2N2O2S.ClH/c20-18-8-7-17(13-19(18)21)26(24,25)22-10-3-4-11-23-12-9-15-5-1-2-6-16(15)14-23;/h1-2,5-8,13,22H,3-4,9-12,14H2;1H. The average molecular weight is 450 g/mol. The fourth-order valence-corrected chi connectivity index (χ4v) is 4.60. The normalized spacial score (nSPS) is 14.4. The van der Waals surface area contributed by atoms with Gasteiger partial charge < -0.3 is 0 Å². The van der Waals surface area contributed by atoms with Gasteiger partial charge in [-0.25, -0.2) is 13.1 Å². The number of nitrogens with zero attached hydrogens (tertiary/aromatic N) is 1. The summed E-state index contributed by atoms with van der Waals surface area (Å²) in [6.07, 6.45) is 2.82. The zero-order valence-electron chi connectivity index (χ0n) is 14.8. The van der Waals surface area contributed by atoms with Gasteiger partial charge in [0.2, 0.25) is 10.0 Å². The predicted octanol–water partition coefficient (Wildman–Crippen LogP) is 4.53. The molecule has 0 aliphatic carbocycles. The monoisotopic (exact) mass is 448 g/mol. The summed E-state index contributed by atoms with van der Waals surface area (Å²) >= 11 is 11.7. The summed E-state index contributed by atoms with van der Waals surface area (Å²) in [5.41, 5.74) is 2.84. The highest BCUT2D eigenvalue weighted by Crippen LogP contribution is 2.24. The Kier molecular flexibility index (Phi) is 8.40. The molecule has 0 atom stereocenters. The predicted molar refractivity (Wildman–Crippen MR) is 114 cm³/mol. The molecule has 0 saturated heterocycles. The van der Waals surface area contributed by atoms with Crippen LogP contribution in [-0.2, 0) is 23.0 Å². The van der Waals surface area contributed by atoms with Gasteiger partial charge >= 0.3 is 0 Å². The largest absolute Gasteiger partial charge is 0.299 e. The SMILES string of the molecule is Cl.O=S(=O)(NCCCCN1CCc2ccccc2C1)c1ccc(Cl)c(Cl)c1. The van der Waals surface area contributed by atoms with Crippen LogP contribution >= 0.6 is 35.6 Å². The van der Waals surface area contributed by atoms with Crippen molar-refractivity contribution in [3.63, 3.8) is 0 Å². The van der Waals surface area contributed by atoms with E-state index in [2.05, 4.69) is 33.9 Å². The Morgan fingerprint density at radius 2 is 1.74 bits per heavy atom. The van der Waals surface area contributed by atoms with E-state index in [1.165, 1.54) is 29.3 Å². The molecule has 0 radical (unpaired) electrons. The van der Waals surface area contributed by atoms with Crippen molar-refractivity contribution < 1.29 is 8.42 Å². The molecule has 27 heavy (non-hydrogen) atoms. The van der Waals surface area contributed by atoms with Crippen LogP contribution in [0.1, 0.15) is 24.0 Å². The Morgan fingerprint density at radius 3 is 2.48 bits per heavy atom. The molecule has 0 bridgehead atoms. The molecule has 0 amide bonds. The zero-order chi connectivity index (χ0) is 18.6. The van der Waals surface area contributed by atoms with Crippen LogP contribution in [0.5, 0.6) is 0 Å². The van der Waals surface area contributed by atoms with E-state index in [1.54, 1.807) is 0 Å². The molecule has 1 aliphatic rings. The molecule has 1 heterocycles. The Bertz CT molecular complexity index is 875. The van der Waals surface area contributed by atoms with Crippen molar-refractivity contribution in [2.24, 2.45) is 0 Å². The molecule has 2 aromatic rings. The van der Waals surface area contributed by atoms with Crippen molar-refractivity contribution in [2.75, 3.05) is 19.6 Å². The first-order valence-electron chi connectivity index (χ1n) is 8.69. The van der Waals surface area contributed by atoms with Crippen LogP contribution in [0.25, 0.3) is 0 Å². The number of nitrogens with one attached hydrogen (secondary N) is 1. The first-order valence-corrected chi connectivity index (χ1v) is 10.9. The van der Waals surface area contributed by atoms with E-state index in [4.69, 9.17) is 23.2 Å². The molecular formula is C19H23Cl3N2O2S. The number of halogens is 3. The van der Waals surface area contributed by atoms with Crippen LogP contribution in [0.3, 0.4) is 0 Å². The van der Waals surface area contributed by atoms with Crippen molar-refractivity contribution in [3.05, 3.63) is 63.6 Å². The number of unbranched alkanes of at least 4 members (excludes halogenated alkanes) is 1. The lowest BCUT2D eigenvalue weighted by molar-refractivity contribution is 0.249. The average Bonchev–Trinajstić information content (AvgIpc) is 2.63. The Labute approximate surface area is 177 Å². The minimum absolute atomic E-state index is 0. The molecule has 0 fully saturated rings. The van der Waals surface area contributed by atoms with Gasteiger partial charge in [-0.15, -0.1) is 12.4 Å². The minimum atomic E-state index is -3.55. The van der Waals surface area contributed by atoms with Crippen LogP contribution in [-0.4, -0.2) is 33.0 Å². The van der Waals surface area contributed by atoms with Gasteiger partial charge in [-0.1, -0.05) is 47.5 Å². The summed E-state index contributed by atoms with van der Waals surface area (Å²) in [4.78, 5) is 2.56.